The number of rotatable bonds is 8. The van der Waals surface area contributed by atoms with Crippen molar-refractivity contribution in [2.75, 3.05) is 13.2 Å². The highest BCUT2D eigenvalue weighted by Crippen LogP contribution is 2.24. The Morgan fingerprint density at radius 3 is 2.08 bits per heavy atom. The molecule has 0 saturated carbocycles. The molecule has 1 aliphatic rings. The van der Waals surface area contributed by atoms with Gasteiger partial charge in [0.1, 0.15) is 42.7 Å². The maximum atomic E-state index is 10.7. The van der Waals surface area contributed by atoms with Gasteiger partial charge in [0.15, 0.2) is 12.4 Å². The van der Waals surface area contributed by atoms with Crippen LogP contribution in [0.5, 0.6) is 0 Å². The summed E-state index contributed by atoms with van der Waals surface area (Å²) in [4.78, 5) is 10.7. The summed E-state index contributed by atoms with van der Waals surface area (Å²) >= 11 is 0. The van der Waals surface area contributed by atoms with Gasteiger partial charge >= 0.3 is 5.97 Å². The van der Waals surface area contributed by atoms with Crippen molar-refractivity contribution in [2.24, 2.45) is 0 Å². The topological polar surface area (TPSA) is 218 Å². The Balaban J connectivity index is 2.94. The first kappa shape index (κ1) is 21.1. The molecule has 0 aromatic heterocycles. The van der Waals surface area contributed by atoms with Gasteiger partial charge in [-0.1, -0.05) is 0 Å². The number of hydrogen-bond donors (Lipinski definition) is 9. The fourth-order valence-corrected chi connectivity index (χ4v) is 2.16. The minimum Gasteiger partial charge on any atom is -0.479 e. The summed E-state index contributed by atoms with van der Waals surface area (Å²) in [7, 11) is 0. The molecule has 1 heterocycles. The van der Waals surface area contributed by atoms with Crippen molar-refractivity contribution >= 4 is 5.97 Å². The molecule has 0 amide bonds. The van der Waals surface area contributed by atoms with Crippen molar-refractivity contribution in [1.82, 2.24) is 0 Å². The van der Waals surface area contributed by atoms with Crippen molar-refractivity contribution in [3.63, 3.8) is 0 Å². The first-order chi connectivity index (χ1) is 11.1. The lowest BCUT2D eigenvalue weighted by Gasteiger charge is -2.42. The van der Waals surface area contributed by atoms with E-state index in [0.717, 1.165) is 0 Å². The summed E-state index contributed by atoms with van der Waals surface area (Å²) < 4.78 is 9.98. The Bertz CT molecular complexity index is 403. The average molecular weight is 358 g/mol. The zero-order chi connectivity index (χ0) is 18.6. The summed E-state index contributed by atoms with van der Waals surface area (Å²) in [6.45, 7) is -1.76. The van der Waals surface area contributed by atoms with E-state index in [0.29, 0.717) is 0 Å². The van der Waals surface area contributed by atoms with Gasteiger partial charge in [-0.2, -0.15) is 0 Å². The van der Waals surface area contributed by atoms with Crippen LogP contribution in [0.15, 0.2) is 0 Å². The Hall–Kier alpha value is -0.930. The average Bonchev–Trinajstić information content (AvgIpc) is 2.57. The molecule has 12 heteroatoms. The third-order valence-electron chi connectivity index (χ3n) is 3.62. The predicted octanol–water partition coefficient (Wildman–Crippen LogP) is -5.67. The van der Waals surface area contributed by atoms with Crippen LogP contribution in [0.1, 0.15) is 0 Å². The van der Waals surface area contributed by atoms with Gasteiger partial charge in [0.25, 0.3) is 0 Å². The number of hydrogen-bond acceptors (Lipinski definition) is 11. The lowest BCUT2D eigenvalue weighted by atomic mass is 9.98. The van der Waals surface area contributed by atoms with Crippen LogP contribution in [0.25, 0.3) is 0 Å². The van der Waals surface area contributed by atoms with Gasteiger partial charge in [0, 0.05) is 0 Å². The van der Waals surface area contributed by atoms with Crippen LogP contribution in [0.4, 0.5) is 0 Å². The van der Waals surface area contributed by atoms with E-state index in [4.69, 9.17) is 24.8 Å². The second-order valence-electron chi connectivity index (χ2n) is 5.32. The number of ether oxygens (including phenoxy) is 2. The molecule has 1 saturated heterocycles. The van der Waals surface area contributed by atoms with E-state index in [-0.39, 0.29) is 0 Å². The number of aliphatic hydroxyl groups excluding tert-OH is 8. The standard InChI is InChI=1S/C12H22O12/c13-1-3(15)10(7(18)8(19)11(21)22)24-12-9(20)6(17)5(16)4(2-14)23-12/h3-10,12-20H,1-2H2,(H,21,22)/t3-,4-,5-,6+,7+,8-,9-,10-,12+/m1/s1. The molecule has 0 spiro atoms. The minimum atomic E-state index is -2.39. The molecule has 0 aromatic rings. The summed E-state index contributed by atoms with van der Waals surface area (Å²) in [6.07, 6.45) is -16.9. The number of carbonyl (C=O) groups is 1. The summed E-state index contributed by atoms with van der Waals surface area (Å²) in [6, 6.07) is 0. The first-order valence-corrected chi connectivity index (χ1v) is 6.99. The summed E-state index contributed by atoms with van der Waals surface area (Å²) in [5, 5.41) is 84.5. The highest BCUT2D eigenvalue weighted by molar-refractivity contribution is 5.72. The lowest BCUT2D eigenvalue weighted by molar-refractivity contribution is -0.326. The molecule has 1 aliphatic heterocycles. The fraction of sp³-hybridized carbons (Fsp3) is 0.917. The molecule has 0 bridgehead atoms. The second kappa shape index (κ2) is 8.96. The predicted molar refractivity (Wildman–Crippen MR) is 71.4 cm³/mol. The van der Waals surface area contributed by atoms with E-state index >= 15 is 0 Å². The van der Waals surface area contributed by atoms with Crippen LogP contribution < -0.4 is 0 Å². The largest absolute Gasteiger partial charge is 0.479 e. The monoisotopic (exact) mass is 358 g/mol. The maximum Gasteiger partial charge on any atom is 0.335 e. The first-order valence-electron chi connectivity index (χ1n) is 6.99. The number of aliphatic carboxylic acids is 1. The van der Waals surface area contributed by atoms with Crippen LogP contribution in [0.3, 0.4) is 0 Å². The zero-order valence-electron chi connectivity index (χ0n) is 12.4. The number of aliphatic hydroxyl groups is 8. The van der Waals surface area contributed by atoms with E-state index in [1.54, 1.807) is 0 Å². The van der Waals surface area contributed by atoms with Crippen LogP contribution in [0, 0.1) is 0 Å². The van der Waals surface area contributed by atoms with E-state index in [2.05, 4.69) is 0 Å². The third kappa shape index (κ3) is 4.58. The molecule has 1 rings (SSSR count). The molecule has 0 radical (unpaired) electrons. The van der Waals surface area contributed by atoms with Crippen molar-refractivity contribution < 1.29 is 60.2 Å². The van der Waals surface area contributed by atoms with Crippen molar-refractivity contribution in [2.45, 2.75) is 55.1 Å². The molecule has 0 aromatic carbocycles. The van der Waals surface area contributed by atoms with Crippen LogP contribution >= 0.6 is 0 Å². The van der Waals surface area contributed by atoms with Gasteiger partial charge in [-0.15, -0.1) is 0 Å². The maximum absolute atomic E-state index is 10.7. The van der Waals surface area contributed by atoms with E-state index in [1.807, 2.05) is 0 Å². The molecule has 9 N–H and O–H groups in total. The quantitative estimate of drug-likeness (QED) is 0.198. The highest BCUT2D eigenvalue weighted by Gasteiger charge is 2.47. The fourth-order valence-electron chi connectivity index (χ4n) is 2.16. The Morgan fingerprint density at radius 2 is 1.62 bits per heavy atom. The SMILES string of the molecule is O=C(O)[C@H](O)[C@H](O)[C@H](O[C@@H]1O[C@H](CO)[C@@H](O)[C@H](O)[C@H]1O)[C@H](O)CO. The highest BCUT2D eigenvalue weighted by atomic mass is 16.7. The molecule has 12 nitrogen and oxygen atoms in total. The molecule has 142 valence electrons. The zero-order valence-corrected chi connectivity index (χ0v) is 12.4. The van der Waals surface area contributed by atoms with Crippen molar-refractivity contribution in [3.8, 4) is 0 Å². The van der Waals surface area contributed by atoms with E-state index < -0.39 is 74.3 Å². The summed E-state index contributed by atoms with van der Waals surface area (Å²) in [5.41, 5.74) is 0. The number of carboxylic acid groups (broad SMARTS) is 1. The molecule has 0 aliphatic carbocycles. The van der Waals surface area contributed by atoms with Crippen molar-refractivity contribution in [1.29, 1.82) is 0 Å². The second-order valence-corrected chi connectivity index (χ2v) is 5.32. The molecular formula is C12H22O12. The molecule has 0 unspecified atom stereocenters. The van der Waals surface area contributed by atoms with Gasteiger partial charge in [-0.25, -0.2) is 4.79 Å². The Morgan fingerprint density at radius 1 is 1.04 bits per heavy atom. The molecule has 24 heavy (non-hydrogen) atoms. The van der Waals surface area contributed by atoms with Gasteiger partial charge in [-0.05, 0) is 0 Å². The lowest BCUT2D eigenvalue weighted by Crippen LogP contribution is -2.61. The van der Waals surface area contributed by atoms with Gasteiger partial charge in [-0.3, -0.25) is 0 Å². The number of carboxylic acids is 1. The summed E-state index contributed by atoms with van der Waals surface area (Å²) in [5.74, 6) is -1.84. The van der Waals surface area contributed by atoms with Crippen molar-refractivity contribution in [3.05, 3.63) is 0 Å². The van der Waals surface area contributed by atoms with Gasteiger partial charge in [0.05, 0.1) is 13.2 Å². The molecule has 9 atom stereocenters. The normalized spacial score (nSPS) is 35.9. The smallest absolute Gasteiger partial charge is 0.335 e. The van der Waals surface area contributed by atoms with E-state index in [1.165, 1.54) is 0 Å². The third-order valence-corrected chi connectivity index (χ3v) is 3.62. The van der Waals surface area contributed by atoms with E-state index in [9.17, 15) is 35.4 Å². The Kier molecular flexibility index (Phi) is 7.88. The van der Waals surface area contributed by atoms with Crippen LogP contribution in [0.2, 0.25) is 0 Å². The van der Waals surface area contributed by atoms with Gasteiger partial charge in [0.2, 0.25) is 0 Å². The van der Waals surface area contributed by atoms with Gasteiger partial charge < -0.3 is 55.4 Å². The van der Waals surface area contributed by atoms with Crippen LogP contribution in [-0.2, 0) is 14.3 Å². The molecular weight excluding hydrogens is 336 g/mol. The van der Waals surface area contributed by atoms with Crippen LogP contribution in [-0.4, -0.2) is 120 Å². The Labute approximate surface area is 135 Å². The minimum absolute atomic E-state index is 0.766. The molecule has 1 fully saturated rings.